The van der Waals surface area contributed by atoms with Crippen molar-refractivity contribution in [3.8, 4) is 12.3 Å². The van der Waals surface area contributed by atoms with Crippen LogP contribution in [0.5, 0.6) is 0 Å². The van der Waals surface area contributed by atoms with Crippen molar-refractivity contribution in [1.29, 1.82) is 0 Å². The summed E-state index contributed by atoms with van der Waals surface area (Å²) >= 11 is 0. The smallest absolute Gasteiger partial charge is 0.229 e. The van der Waals surface area contributed by atoms with Gasteiger partial charge in [-0.3, -0.25) is 0 Å². The van der Waals surface area contributed by atoms with E-state index in [4.69, 9.17) is 16.2 Å². The molecule has 0 radical (unpaired) electrons. The number of benzene rings is 2. The Balaban J connectivity index is 1.70. The van der Waals surface area contributed by atoms with Gasteiger partial charge in [0, 0.05) is 23.4 Å². The molecule has 1 heterocycles. The number of fused-ring (bicyclic) bond motifs is 1. The minimum Gasteiger partial charge on any atom is -0.327 e. The van der Waals surface area contributed by atoms with Gasteiger partial charge in [0.1, 0.15) is 6.61 Å². The average Bonchev–Trinajstić information content (AvgIpc) is 3.55. The highest BCUT2D eigenvalue weighted by Crippen LogP contribution is 2.40. The van der Waals surface area contributed by atoms with Crippen LogP contribution < -0.4 is 4.90 Å². The van der Waals surface area contributed by atoms with Crippen LogP contribution in [-0.2, 0) is 4.74 Å². The summed E-state index contributed by atoms with van der Waals surface area (Å²) in [6.07, 6.45) is 8.75. The van der Waals surface area contributed by atoms with Gasteiger partial charge >= 0.3 is 0 Å². The standard InChI is InChI=1S/C26H30N2O/c1-5-18-29-25-27-24(21-14-12-20(13-15-21)19-10-11-19)22-8-6-7-9-23(22)28(25)17-16-26(2,3)4/h1,6-9,12-15,19,25H,10-11,16-18H2,2-4H3. The van der Waals surface area contributed by atoms with E-state index >= 15 is 0 Å². The van der Waals surface area contributed by atoms with Crippen molar-refractivity contribution in [1.82, 2.24) is 0 Å². The van der Waals surface area contributed by atoms with Gasteiger partial charge in [-0.15, -0.1) is 6.42 Å². The number of hydrogen-bond acceptors (Lipinski definition) is 3. The molecule has 2 aromatic carbocycles. The highest BCUT2D eigenvalue weighted by atomic mass is 16.5. The van der Waals surface area contributed by atoms with Crippen molar-refractivity contribution < 1.29 is 4.74 Å². The average molecular weight is 387 g/mol. The zero-order valence-electron chi connectivity index (χ0n) is 17.7. The molecule has 0 amide bonds. The number of hydrogen-bond donors (Lipinski definition) is 0. The first-order valence-electron chi connectivity index (χ1n) is 10.6. The number of aliphatic imine (C=N–C) groups is 1. The van der Waals surface area contributed by atoms with Crippen LogP contribution in [0.25, 0.3) is 0 Å². The summed E-state index contributed by atoms with van der Waals surface area (Å²) in [5.41, 5.74) is 6.10. The molecule has 1 saturated carbocycles. The lowest BCUT2D eigenvalue weighted by molar-refractivity contribution is 0.0789. The Labute approximate surface area is 174 Å². The van der Waals surface area contributed by atoms with E-state index in [9.17, 15) is 0 Å². The fourth-order valence-corrected chi connectivity index (χ4v) is 3.79. The van der Waals surface area contributed by atoms with E-state index < -0.39 is 6.35 Å². The zero-order valence-corrected chi connectivity index (χ0v) is 17.7. The Morgan fingerprint density at radius 1 is 1.10 bits per heavy atom. The van der Waals surface area contributed by atoms with E-state index in [1.54, 1.807) is 0 Å². The third-order valence-corrected chi connectivity index (χ3v) is 5.63. The zero-order chi connectivity index (χ0) is 20.4. The molecule has 0 N–H and O–H groups in total. The molecule has 3 heteroatoms. The Morgan fingerprint density at radius 2 is 1.83 bits per heavy atom. The van der Waals surface area contributed by atoms with Crippen LogP contribution >= 0.6 is 0 Å². The molecule has 1 unspecified atom stereocenters. The predicted molar refractivity (Wildman–Crippen MR) is 120 cm³/mol. The first kappa shape index (κ1) is 19.7. The van der Waals surface area contributed by atoms with Crippen LogP contribution in [0, 0.1) is 17.8 Å². The molecular formula is C26H30N2O. The van der Waals surface area contributed by atoms with Crippen molar-refractivity contribution in [3.63, 3.8) is 0 Å². The van der Waals surface area contributed by atoms with Crippen LogP contribution in [0.3, 0.4) is 0 Å². The van der Waals surface area contributed by atoms with Gasteiger partial charge in [0.25, 0.3) is 0 Å². The van der Waals surface area contributed by atoms with Crippen molar-refractivity contribution >= 4 is 11.4 Å². The molecule has 4 rings (SSSR count). The largest absolute Gasteiger partial charge is 0.327 e. The summed E-state index contributed by atoms with van der Waals surface area (Å²) < 4.78 is 5.99. The quantitative estimate of drug-likeness (QED) is 0.605. The second-order valence-electron chi connectivity index (χ2n) is 9.24. The minimum absolute atomic E-state index is 0.230. The molecule has 29 heavy (non-hydrogen) atoms. The van der Waals surface area contributed by atoms with E-state index in [0.717, 1.165) is 41.4 Å². The highest BCUT2D eigenvalue weighted by molar-refractivity contribution is 6.17. The molecule has 0 spiro atoms. The van der Waals surface area contributed by atoms with Crippen molar-refractivity contribution in [2.24, 2.45) is 10.4 Å². The Bertz CT molecular complexity index is 926. The van der Waals surface area contributed by atoms with Gasteiger partial charge in [-0.2, -0.15) is 0 Å². The van der Waals surface area contributed by atoms with Gasteiger partial charge in [-0.05, 0) is 42.2 Å². The highest BCUT2D eigenvalue weighted by Gasteiger charge is 2.30. The molecule has 3 nitrogen and oxygen atoms in total. The Kier molecular flexibility index (Phi) is 5.48. The Hall–Kier alpha value is -2.57. The van der Waals surface area contributed by atoms with E-state index in [2.05, 4.69) is 80.1 Å². The lowest BCUT2D eigenvalue weighted by atomic mass is 9.91. The molecule has 1 atom stereocenters. The van der Waals surface area contributed by atoms with Gasteiger partial charge < -0.3 is 9.64 Å². The van der Waals surface area contributed by atoms with Crippen LogP contribution in [0.15, 0.2) is 53.5 Å². The van der Waals surface area contributed by atoms with Gasteiger partial charge in [-0.1, -0.05) is 69.2 Å². The molecule has 0 saturated heterocycles. The van der Waals surface area contributed by atoms with Gasteiger partial charge in [0.05, 0.1) is 5.71 Å². The normalized spacial score (nSPS) is 18.8. The maximum atomic E-state index is 5.99. The summed E-state index contributed by atoms with van der Waals surface area (Å²) in [6.45, 7) is 7.90. The summed E-state index contributed by atoms with van der Waals surface area (Å²) in [6, 6.07) is 17.4. The molecular weight excluding hydrogens is 356 g/mol. The van der Waals surface area contributed by atoms with E-state index in [0.29, 0.717) is 0 Å². The number of ether oxygens (including phenoxy) is 1. The molecule has 1 aliphatic carbocycles. The lowest BCUT2D eigenvalue weighted by Crippen LogP contribution is -2.42. The second kappa shape index (κ2) is 8.05. The first-order valence-corrected chi connectivity index (χ1v) is 10.6. The topological polar surface area (TPSA) is 24.8 Å². The van der Waals surface area contributed by atoms with Crippen molar-refractivity contribution in [2.75, 3.05) is 18.1 Å². The fraction of sp³-hybridized carbons (Fsp3) is 0.423. The number of para-hydroxylation sites is 1. The van der Waals surface area contributed by atoms with E-state index in [-0.39, 0.29) is 12.0 Å². The van der Waals surface area contributed by atoms with E-state index in [1.807, 2.05) is 0 Å². The number of nitrogens with zero attached hydrogens (tertiary/aromatic N) is 2. The molecule has 2 aromatic rings. The summed E-state index contributed by atoms with van der Waals surface area (Å²) in [7, 11) is 0. The maximum Gasteiger partial charge on any atom is 0.229 e. The summed E-state index contributed by atoms with van der Waals surface area (Å²) in [5.74, 6) is 3.35. The minimum atomic E-state index is -0.401. The van der Waals surface area contributed by atoms with Crippen LogP contribution in [0.1, 0.15) is 62.6 Å². The third kappa shape index (κ3) is 4.54. The second-order valence-corrected chi connectivity index (χ2v) is 9.24. The first-order chi connectivity index (χ1) is 14.0. The van der Waals surface area contributed by atoms with Crippen LogP contribution in [-0.4, -0.2) is 25.2 Å². The summed E-state index contributed by atoms with van der Waals surface area (Å²) in [5, 5.41) is 0. The Morgan fingerprint density at radius 3 is 2.48 bits per heavy atom. The van der Waals surface area contributed by atoms with Crippen LogP contribution in [0.4, 0.5) is 5.69 Å². The number of rotatable bonds is 6. The third-order valence-electron chi connectivity index (χ3n) is 5.63. The molecule has 1 aliphatic heterocycles. The van der Waals surface area contributed by atoms with Gasteiger partial charge in [-0.25, -0.2) is 4.99 Å². The SMILES string of the molecule is C#CCOC1N=C(c2ccc(C3CC3)cc2)c2ccccc2N1CCC(C)(C)C. The van der Waals surface area contributed by atoms with Crippen LogP contribution in [0.2, 0.25) is 0 Å². The van der Waals surface area contributed by atoms with Gasteiger partial charge in [0.2, 0.25) is 6.35 Å². The molecule has 0 aromatic heterocycles. The van der Waals surface area contributed by atoms with Crippen molar-refractivity contribution in [3.05, 3.63) is 65.2 Å². The maximum absolute atomic E-state index is 5.99. The predicted octanol–water partition coefficient (Wildman–Crippen LogP) is 5.59. The number of terminal acetylenes is 1. The van der Waals surface area contributed by atoms with E-state index in [1.165, 1.54) is 18.4 Å². The molecule has 2 aliphatic rings. The number of anilines is 1. The van der Waals surface area contributed by atoms with Gasteiger partial charge in [0.15, 0.2) is 0 Å². The molecule has 0 bridgehead atoms. The van der Waals surface area contributed by atoms with Crippen molar-refractivity contribution in [2.45, 2.75) is 52.3 Å². The fourth-order valence-electron chi connectivity index (χ4n) is 3.79. The lowest BCUT2D eigenvalue weighted by Gasteiger charge is -2.37. The monoisotopic (exact) mass is 386 g/mol. The molecule has 1 fully saturated rings. The molecule has 150 valence electrons. The summed E-state index contributed by atoms with van der Waals surface area (Å²) in [4.78, 5) is 7.28.